The van der Waals surface area contributed by atoms with Gasteiger partial charge in [0.05, 0.1) is 23.6 Å². The summed E-state index contributed by atoms with van der Waals surface area (Å²) in [5.41, 5.74) is 7.98. The van der Waals surface area contributed by atoms with Gasteiger partial charge in [-0.15, -0.1) is 0 Å². The third-order valence-corrected chi connectivity index (χ3v) is 2.53. The van der Waals surface area contributed by atoms with Gasteiger partial charge in [-0.3, -0.25) is 0 Å². The number of hydrogen-bond acceptors (Lipinski definition) is 4. The van der Waals surface area contributed by atoms with Gasteiger partial charge in [0.1, 0.15) is 11.5 Å². The molecule has 0 radical (unpaired) electrons. The first-order valence-corrected chi connectivity index (χ1v) is 5.26. The van der Waals surface area contributed by atoms with Crippen LogP contribution in [0.5, 0.6) is 0 Å². The maximum Gasteiger partial charge on any atom is 0.141 e. The Morgan fingerprint density at radius 2 is 1.71 bits per heavy atom. The van der Waals surface area contributed by atoms with E-state index in [2.05, 4.69) is 15.0 Å². The highest BCUT2D eigenvalue weighted by Gasteiger charge is 2.02. The lowest BCUT2D eigenvalue weighted by atomic mass is 10.2. The predicted molar refractivity (Wildman–Crippen MR) is 67.2 cm³/mol. The van der Waals surface area contributed by atoms with E-state index in [0.29, 0.717) is 5.82 Å². The summed E-state index contributed by atoms with van der Waals surface area (Å²) in [7, 11) is 0. The number of rotatable bonds is 1. The molecule has 0 saturated carbocycles. The summed E-state index contributed by atoms with van der Waals surface area (Å²) in [4.78, 5) is 12.7. The number of benzene rings is 1. The van der Waals surface area contributed by atoms with Gasteiger partial charge in [0.15, 0.2) is 0 Å². The number of aromatic nitrogens is 3. The molecule has 0 amide bonds. The van der Waals surface area contributed by atoms with Gasteiger partial charge in [0.25, 0.3) is 0 Å². The van der Waals surface area contributed by atoms with E-state index in [1.54, 1.807) is 6.20 Å². The van der Waals surface area contributed by atoms with E-state index >= 15 is 0 Å². The average molecular weight is 222 g/mol. The fourth-order valence-electron chi connectivity index (χ4n) is 1.68. The highest BCUT2D eigenvalue weighted by atomic mass is 14.9. The highest BCUT2D eigenvalue weighted by molar-refractivity contribution is 5.80. The van der Waals surface area contributed by atoms with Gasteiger partial charge in [-0.2, -0.15) is 0 Å². The zero-order valence-corrected chi connectivity index (χ0v) is 9.04. The van der Waals surface area contributed by atoms with Crippen LogP contribution in [-0.2, 0) is 0 Å². The Hall–Kier alpha value is -2.49. The molecule has 0 spiro atoms. The van der Waals surface area contributed by atoms with Crippen LogP contribution in [0, 0.1) is 0 Å². The smallest absolute Gasteiger partial charge is 0.141 e. The number of fused-ring (bicyclic) bond motifs is 1. The van der Waals surface area contributed by atoms with Crippen molar-refractivity contribution in [3.05, 3.63) is 48.8 Å². The van der Waals surface area contributed by atoms with Crippen LogP contribution in [0.4, 0.5) is 5.82 Å². The Morgan fingerprint density at radius 3 is 2.53 bits per heavy atom. The Balaban J connectivity index is 2.14. The van der Waals surface area contributed by atoms with Gasteiger partial charge in [-0.25, -0.2) is 15.0 Å². The standard InChI is InChI=1S/C13H10N4/c14-13-8-15-12(7-16-13)11-6-5-9-3-1-2-4-10(9)17-11/h1-8H,(H2,14,16). The minimum Gasteiger partial charge on any atom is -0.382 e. The van der Waals surface area contributed by atoms with E-state index in [1.165, 1.54) is 6.20 Å². The largest absolute Gasteiger partial charge is 0.382 e. The van der Waals surface area contributed by atoms with Crippen LogP contribution < -0.4 is 5.73 Å². The molecule has 0 saturated heterocycles. The highest BCUT2D eigenvalue weighted by Crippen LogP contribution is 2.18. The Morgan fingerprint density at radius 1 is 0.824 bits per heavy atom. The Labute approximate surface area is 98.2 Å². The first-order chi connectivity index (χ1) is 8.33. The molecule has 1 aromatic carbocycles. The first kappa shape index (κ1) is 9.72. The Bertz CT molecular complexity index is 662. The number of para-hydroxylation sites is 1. The first-order valence-electron chi connectivity index (χ1n) is 5.26. The lowest BCUT2D eigenvalue weighted by Crippen LogP contribution is -1.93. The van der Waals surface area contributed by atoms with Crippen molar-refractivity contribution in [3.63, 3.8) is 0 Å². The fourth-order valence-corrected chi connectivity index (χ4v) is 1.68. The number of pyridine rings is 1. The molecular weight excluding hydrogens is 212 g/mol. The van der Waals surface area contributed by atoms with E-state index in [4.69, 9.17) is 5.73 Å². The summed E-state index contributed by atoms with van der Waals surface area (Å²) in [6.45, 7) is 0. The zero-order chi connectivity index (χ0) is 11.7. The number of nitrogen functional groups attached to an aromatic ring is 1. The van der Waals surface area contributed by atoms with Crippen molar-refractivity contribution < 1.29 is 0 Å². The second-order valence-electron chi connectivity index (χ2n) is 3.72. The van der Waals surface area contributed by atoms with E-state index in [-0.39, 0.29) is 0 Å². The summed E-state index contributed by atoms with van der Waals surface area (Å²) < 4.78 is 0. The molecule has 4 nitrogen and oxygen atoms in total. The summed E-state index contributed by atoms with van der Waals surface area (Å²) in [6, 6.07) is 11.9. The molecule has 4 heteroatoms. The van der Waals surface area contributed by atoms with Gasteiger partial charge >= 0.3 is 0 Å². The molecule has 2 aromatic heterocycles. The molecule has 0 atom stereocenters. The molecule has 3 aromatic rings. The van der Waals surface area contributed by atoms with Crippen molar-refractivity contribution in [3.8, 4) is 11.4 Å². The quantitative estimate of drug-likeness (QED) is 0.686. The van der Waals surface area contributed by atoms with Gasteiger partial charge < -0.3 is 5.73 Å². The van der Waals surface area contributed by atoms with Crippen molar-refractivity contribution in [1.82, 2.24) is 15.0 Å². The molecule has 0 bridgehead atoms. The van der Waals surface area contributed by atoms with Crippen molar-refractivity contribution in [1.29, 1.82) is 0 Å². The van der Waals surface area contributed by atoms with Gasteiger partial charge in [0.2, 0.25) is 0 Å². The van der Waals surface area contributed by atoms with Crippen LogP contribution in [-0.4, -0.2) is 15.0 Å². The van der Waals surface area contributed by atoms with Crippen LogP contribution in [0.15, 0.2) is 48.8 Å². The van der Waals surface area contributed by atoms with Crippen LogP contribution in [0.25, 0.3) is 22.3 Å². The number of nitrogens with two attached hydrogens (primary N) is 1. The maximum absolute atomic E-state index is 5.50. The van der Waals surface area contributed by atoms with Crippen molar-refractivity contribution in [2.75, 3.05) is 5.73 Å². The minimum absolute atomic E-state index is 0.412. The normalized spacial score (nSPS) is 10.6. The zero-order valence-electron chi connectivity index (χ0n) is 9.04. The Kier molecular flexibility index (Phi) is 2.19. The van der Waals surface area contributed by atoms with E-state index in [1.807, 2.05) is 36.4 Å². The van der Waals surface area contributed by atoms with Crippen molar-refractivity contribution >= 4 is 16.7 Å². The van der Waals surface area contributed by atoms with Gasteiger partial charge in [0, 0.05) is 5.39 Å². The molecule has 17 heavy (non-hydrogen) atoms. The summed E-state index contributed by atoms with van der Waals surface area (Å²) >= 11 is 0. The van der Waals surface area contributed by atoms with Crippen molar-refractivity contribution in [2.24, 2.45) is 0 Å². The molecule has 82 valence electrons. The molecule has 0 aliphatic heterocycles. The summed E-state index contributed by atoms with van der Waals surface area (Å²) in [5.74, 6) is 0.412. The van der Waals surface area contributed by atoms with Gasteiger partial charge in [-0.05, 0) is 12.1 Å². The minimum atomic E-state index is 0.412. The van der Waals surface area contributed by atoms with Crippen LogP contribution >= 0.6 is 0 Å². The molecule has 0 aliphatic carbocycles. The molecule has 2 heterocycles. The molecule has 0 unspecified atom stereocenters. The van der Waals surface area contributed by atoms with E-state index < -0.39 is 0 Å². The lowest BCUT2D eigenvalue weighted by Gasteiger charge is -2.02. The molecule has 0 fully saturated rings. The maximum atomic E-state index is 5.50. The summed E-state index contributed by atoms with van der Waals surface area (Å²) in [6.07, 6.45) is 3.17. The lowest BCUT2D eigenvalue weighted by molar-refractivity contribution is 1.19. The SMILES string of the molecule is Nc1cnc(-c2ccc3ccccc3n2)cn1. The predicted octanol–water partition coefficient (Wildman–Crippen LogP) is 2.27. The topological polar surface area (TPSA) is 64.7 Å². The van der Waals surface area contributed by atoms with E-state index in [0.717, 1.165) is 22.3 Å². The molecular formula is C13H10N4. The second-order valence-corrected chi connectivity index (χ2v) is 3.72. The number of hydrogen-bond donors (Lipinski definition) is 1. The van der Waals surface area contributed by atoms with Crippen LogP contribution in [0.1, 0.15) is 0 Å². The molecule has 3 rings (SSSR count). The molecule has 0 aliphatic rings. The average Bonchev–Trinajstić information content (AvgIpc) is 2.39. The second kappa shape index (κ2) is 3.83. The third-order valence-electron chi connectivity index (χ3n) is 2.53. The van der Waals surface area contributed by atoms with Gasteiger partial charge in [-0.1, -0.05) is 24.3 Å². The number of anilines is 1. The third kappa shape index (κ3) is 1.80. The fraction of sp³-hybridized carbons (Fsp3) is 0. The van der Waals surface area contributed by atoms with E-state index in [9.17, 15) is 0 Å². The van der Waals surface area contributed by atoms with Crippen LogP contribution in [0.3, 0.4) is 0 Å². The summed E-state index contributed by atoms with van der Waals surface area (Å²) in [5, 5.41) is 1.11. The van der Waals surface area contributed by atoms with Crippen molar-refractivity contribution in [2.45, 2.75) is 0 Å². The van der Waals surface area contributed by atoms with Crippen LogP contribution in [0.2, 0.25) is 0 Å². The molecule has 2 N–H and O–H groups in total. The number of nitrogens with zero attached hydrogens (tertiary/aromatic N) is 3. The monoisotopic (exact) mass is 222 g/mol.